The molecule has 4 heteroatoms. The van der Waals surface area contributed by atoms with Crippen molar-refractivity contribution in [2.75, 3.05) is 6.61 Å². The zero-order valence-corrected chi connectivity index (χ0v) is 12.7. The Balaban J connectivity index is 1.78. The second-order valence-electron chi connectivity index (χ2n) is 6.41. The molecular formula is C18H18O4. The molecule has 4 nitrogen and oxygen atoms in total. The van der Waals surface area contributed by atoms with Gasteiger partial charge in [0.15, 0.2) is 5.78 Å². The Morgan fingerprint density at radius 1 is 1.14 bits per heavy atom. The summed E-state index contributed by atoms with van der Waals surface area (Å²) in [5.74, 6) is 0.197. The van der Waals surface area contributed by atoms with Crippen molar-refractivity contribution in [3.8, 4) is 5.75 Å². The number of rotatable bonds is 0. The van der Waals surface area contributed by atoms with E-state index in [1.165, 1.54) is 0 Å². The van der Waals surface area contributed by atoms with Gasteiger partial charge in [0, 0.05) is 17.9 Å². The molecule has 1 saturated heterocycles. The molecule has 0 saturated carbocycles. The van der Waals surface area contributed by atoms with Crippen LogP contribution in [0.15, 0.2) is 23.8 Å². The minimum Gasteiger partial charge on any atom is -0.489 e. The van der Waals surface area contributed by atoms with Crippen molar-refractivity contribution >= 4 is 11.8 Å². The molecule has 3 atom stereocenters. The Morgan fingerprint density at radius 2 is 1.91 bits per heavy atom. The molecule has 4 rings (SSSR count). The van der Waals surface area contributed by atoms with Crippen LogP contribution < -0.4 is 4.74 Å². The van der Waals surface area contributed by atoms with Crippen LogP contribution in [0, 0.1) is 25.7 Å². The zero-order chi connectivity index (χ0) is 15.4. The molecule has 0 unspecified atom stereocenters. The Hall–Kier alpha value is -2.10. The van der Waals surface area contributed by atoms with Crippen LogP contribution in [0.1, 0.15) is 34.3 Å². The van der Waals surface area contributed by atoms with E-state index in [2.05, 4.69) is 0 Å². The van der Waals surface area contributed by atoms with Gasteiger partial charge in [-0.1, -0.05) is 6.08 Å². The van der Waals surface area contributed by atoms with Gasteiger partial charge in [0.05, 0.1) is 18.1 Å². The highest BCUT2D eigenvalue weighted by Gasteiger charge is 2.48. The van der Waals surface area contributed by atoms with Crippen molar-refractivity contribution in [3.05, 3.63) is 40.5 Å². The van der Waals surface area contributed by atoms with Crippen LogP contribution in [0.5, 0.6) is 5.75 Å². The Morgan fingerprint density at radius 3 is 2.73 bits per heavy atom. The largest absolute Gasteiger partial charge is 0.489 e. The third kappa shape index (κ3) is 1.83. The number of carbonyl (C=O) groups excluding carboxylic acids is 2. The van der Waals surface area contributed by atoms with Gasteiger partial charge >= 0.3 is 5.97 Å². The lowest BCUT2D eigenvalue weighted by Gasteiger charge is -2.41. The number of hydrogen-bond acceptors (Lipinski definition) is 4. The normalized spacial score (nSPS) is 29.5. The van der Waals surface area contributed by atoms with E-state index < -0.39 is 0 Å². The van der Waals surface area contributed by atoms with Gasteiger partial charge < -0.3 is 9.47 Å². The lowest BCUT2D eigenvalue weighted by Crippen LogP contribution is -2.47. The van der Waals surface area contributed by atoms with Gasteiger partial charge in [0.2, 0.25) is 0 Å². The highest BCUT2D eigenvalue weighted by Crippen LogP contribution is 2.44. The van der Waals surface area contributed by atoms with Gasteiger partial charge in [0.25, 0.3) is 0 Å². The fourth-order valence-electron chi connectivity index (χ4n) is 3.82. The smallest absolute Gasteiger partial charge is 0.333 e. The summed E-state index contributed by atoms with van der Waals surface area (Å²) in [5, 5.41) is 0. The van der Waals surface area contributed by atoms with Crippen molar-refractivity contribution in [2.24, 2.45) is 11.8 Å². The SMILES string of the molecule is Cc1cc2c(cc1C)C(=O)[C@H]1[C@@H](CC=C3C(=O)OCC[C@@H]31)O2. The second kappa shape index (κ2) is 4.70. The van der Waals surface area contributed by atoms with Gasteiger partial charge in [-0.25, -0.2) is 4.79 Å². The first-order valence-corrected chi connectivity index (χ1v) is 7.75. The average molecular weight is 298 g/mol. The molecule has 114 valence electrons. The van der Waals surface area contributed by atoms with E-state index in [4.69, 9.17) is 9.47 Å². The highest BCUT2D eigenvalue weighted by atomic mass is 16.5. The van der Waals surface area contributed by atoms with Crippen LogP contribution in [0.2, 0.25) is 0 Å². The van der Waals surface area contributed by atoms with Crippen molar-refractivity contribution in [3.63, 3.8) is 0 Å². The number of cyclic esters (lactones) is 1. The van der Waals surface area contributed by atoms with E-state index >= 15 is 0 Å². The monoisotopic (exact) mass is 298 g/mol. The molecule has 1 aromatic carbocycles. The third-order valence-corrected chi connectivity index (χ3v) is 5.14. The summed E-state index contributed by atoms with van der Waals surface area (Å²) in [5.41, 5.74) is 3.53. The predicted octanol–water partition coefficient (Wildman–Crippen LogP) is 2.76. The maximum atomic E-state index is 13.0. The Kier molecular flexibility index (Phi) is 2.90. The fourth-order valence-corrected chi connectivity index (χ4v) is 3.82. The van der Waals surface area contributed by atoms with Crippen LogP contribution in [0.4, 0.5) is 0 Å². The van der Waals surface area contributed by atoms with E-state index in [0.717, 1.165) is 11.1 Å². The Bertz CT molecular complexity index is 716. The molecule has 22 heavy (non-hydrogen) atoms. The minimum atomic E-state index is -0.270. The topological polar surface area (TPSA) is 52.6 Å². The van der Waals surface area contributed by atoms with Crippen LogP contribution in [-0.4, -0.2) is 24.5 Å². The molecule has 2 heterocycles. The number of esters is 1. The van der Waals surface area contributed by atoms with Crippen LogP contribution in [0.25, 0.3) is 0 Å². The molecule has 1 fully saturated rings. The standard InChI is InChI=1S/C18H18O4/c1-9-7-13-15(8-10(9)2)22-14-4-3-12-11(16(14)17(13)19)5-6-21-18(12)20/h3,7-8,11,14,16H,4-6H2,1-2H3/t11-,14+,16+/m0/s1. The Labute approximate surface area is 129 Å². The number of ketones is 1. The minimum absolute atomic E-state index is 0.0674. The number of hydrogen-bond donors (Lipinski definition) is 0. The number of Topliss-reactive ketones (excluding diaryl/α,β-unsaturated/α-hetero) is 1. The zero-order valence-electron chi connectivity index (χ0n) is 12.7. The maximum absolute atomic E-state index is 13.0. The number of ether oxygens (including phenoxy) is 2. The fraction of sp³-hybridized carbons (Fsp3) is 0.444. The molecule has 1 aromatic rings. The molecule has 0 spiro atoms. The highest BCUT2D eigenvalue weighted by molar-refractivity contribution is 6.03. The van der Waals surface area contributed by atoms with Crippen molar-refractivity contribution in [1.82, 2.24) is 0 Å². The summed E-state index contributed by atoms with van der Waals surface area (Å²) < 4.78 is 11.2. The quantitative estimate of drug-likeness (QED) is 0.691. The molecule has 1 aliphatic carbocycles. The first kappa shape index (κ1) is 13.6. The molecule has 0 aromatic heterocycles. The van der Waals surface area contributed by atoms with E-state index in [-0.39, 0.29) is 29.7 Å². The molecule has 2 aliphatic heterocycles. The summed E-state index contributed by atoms with van der Waals surface area (Å²) in [7, 11) is 0. The molecular weight excluding hydrogens is 280 g/mol. The number of fused-ring (bicyclic) bond motifs is 4. The third-order valence-electron chi connectivity index (χ3n) is 5.14. The summed E-state index contributed by atoms with van der Waals surface area (Å²) in [6, 6.07) is 3.87. The molecule has 0 radical (unpaired) electrons. The average Bonchev–Trinajstić information content (AvgIpc) is 2.49. The molecule has 0 bridgehead atoms. The van der Waals surface area contributed by atoms with Crippen molar-refractivity contribution < 1.29 is 19.1 Å². The van der Waals surface area contributed by atoms with Gasteiger partial charge in [-0.15, -0.1) is 0 Å². The van der Waals surface area contributed by atoms with Crippen molar-refractivity contribution in [2.45, 2.75) is 32.8 Å². The van der Waals surface area contributed by atoms with E-state index in [0.29, 0.717) is 36.3 Å². The molecule has 3 aliphatic rings. The first-order chi connectivity index (χ1) is 10.6. The van der Waals surface area contributed by atoms with Crippen LogP contribution >= 0.6 is 0 Å². The summed E-state index contributed by atoms with van der Waals surface area (Å²) in [6.07, 6.45) is 3.02. The maximum Gasteiger partial charge on any atom is 0.333 e. The number of aryl methyl sites for hydroxylation is 2. The van der Waals surface area contributed by atoms with E-state index in [1.54, 1.807) is 0 Å². The lowest BCUT2D eigenvalue weighted by molar-refractivity contribution is -0.143. The second-order valence-corrected chi connectivity index (χ2v) is 6.41. The number of benzene rings is 1. The lowest BCUT2D eigenvalue weighted by atomic mass is 9.69. The van der Waals surface area contributed by atoms with Gasteiger partial charge in [0.1, 0.15) is 11.9 Å². The van der Waals surface area contributed by atoms with E-state index in [9.17, 15) is 9.59 Å². The predicted molar refractivity (Wildman–Crippen MR) is 79.9 cm³/mol. The molecule has 0 amide bonds. The molecule has 0 N–H and O–H groups in total. The first-order valence-electron chi connectivity index (χ1n) is 7.75. The van der Waals surface area contributed by atoms with E-state index in [1.807, 2.05) is 32.1 Å². The van der Waals surface area contributed by atoms with Gasteiger partial charge in [-0.2, -0.15) is 0 Å². The van der Waals surface area contributed by atoms with Crippen LogP contribution in [0.3, 0.4) is 0 Å². The van der Waals surface area contributed by atoms with Crippen LogP contribution in [-0.2, 0) is 9.53 Å². The van der Waals surface area contributed by atoms with Gasteiger partial charge in [-0.05, 0) is 43.5 Å². The van der Waals surface area contributed by atoms with Gasteiger partial charge in [-0.3, -0.25) is 4.79 Å². The number of carbonyl (C=O) groups is 2. The summed E-state index contributed by atoms with van der Waals surface area (Å²) in [4.78, 5) is 24.9. The van der Waals surface area contributed by atoms with Crippen molar-refractivity contribution in [1.29, 1.82) is 0 Å². The summed E-state index contributed by atoms with van der Waals surface area (Å²) in [6.45, 7) is 4.40. The summed E-state index contributed by atoms with van der Waals surface area (Å²) >= 11 is 0.